The summed E-state index contributed by atoms with van der Waals surface area (Å²) in [5.41, 5.74) is 3.85. The van der Waals surface area contributed by atoms with Crippen LogP contribution >= 0.6 is 0 Å². The Kier molecular flexibility index (Phi) is 5.10. The Morgan fingerprint density at radius 2 is 1.90 bits per heavy atom. The monoisotopic (exact) mass is 411 g/mol. The van der Waals surface area contributed by atoms with E-state index in [1.807, 2.05) is 6.08 Å². The molecule has 4 rings (SSSR count). The van der Waals surface area contributed by atoms with Crippen LogP contribution in [-0.4, -0.2) is 19.7 Å². The van der Waals surface area contributed by atoms with Crippen molar-refractivity contribution in [2.75, 3.05) is 0 Å². The first-order valence-electron chi connectivity index (χ1n) is 11.5. The molecule has 3 aliphatic rings. The molecule has 0 aromatic heterocycles. The molecule has 5 atom stereocenters. The molecule has 1 N–H and O–H groups in total. The number of aryl methyl sites for hydroxylation is 1. The summed E-state index contributed by atoms with van der Waals surface area (Å²) in [7, 11) is -0.822. The van der Waals surface area contributed by atoms with Gasteiger partial charge in [-0.25, -0.2) is 0 Å². The van der Waals surface area contributed by atoms with Crippen LogP contribution in [0.1, 0.15) is 82.4 Å². The van der Waals surface area contributed by atoms with Crippen molar-refractivity contribution in [1.29, 1.82) is 0 Å². The van der Waals surface area contributed by atoms with Gasteiger partial charge < -0.3 is 9.53 Å². The maximum atomic E-state index is 11.3. The van der Waals surface area contributed by atoms with E-state index in [0.29, 0.717) is 17.8 Å². The molecule has 0 aliphatic heterocycles. The first kappa shape index (κ1) is 21.2. The van der Waals surface area contributed by atoms with Crippen molar-refractivity contribution < 1.29 is 9.53 Å². The Morgan fingerprint density at radius 1 is 1.17 bits per heavy atom. The molecule has 0 spiro atoms. The molecule has 0 amide bonds. The molecule has 159 valence electrons. The van der Waals surface area contributed by atoms with Gasteiger partial charge in [0.05, 0.1) is 5.60 Å². The van der Waals surface area contributed by atoms with Crippen LogP contribution in [0.3, 0.4) is 0 Å². The third kappa shape index (κ3) is 3.24. The number of benzene rings is 1. The lowest BCUT2D eigenvalue weighted by molar-refractivity contribution is -0.0708. The molecule has 3 heteroatoms. The van der Waals surface area contributed by atoms with Gasteiger partial charge in [-0.15, -0.1) is 6.58 Å². The van der Waals surface area contributed by atoms with Crippen molar-refractivity contribution in [1.82, 2.24) is 0 Å². The van der Waals surface area contributed by atoms with Gasteiger partial charge >= 0.3 is 0 Å². The predicted octanol–water partition coefficient (Wildman–Crippen LogP) is 6.39. The van der Waals surface area contributed by atoms with Gasteiger partial charge in [0.2, 0.25) is 0 Å². The van der Waals surface area contributed by atoms with Crippen LogP contribution in [0.4, 0.5) is 0 Å². The first-order chi connectivity index (χ1) is 13.5. The topological polar surface area (TPSA) is 29.5 Å². The van der Waals surface area contributed by atoms with Crippen molar-refractivity contribution >= 4 is 9.04 Å². The molecule has 29 heavy (non-hydrogen) atoms. The zero-order valence-electron chi connectivity index (χ0n) is 19.3. The second-order valence-corrected chi connectivity index (χ2v) is 13.4. The van der Waals surface area contributed by atoms with Crippen LogP contribution in [0.5, 0.6) is 5.75 Å². The van der Waals surface area contributed by atoms with Crippen LogP contribution in [0, 0.1) is 17.3 Å². The Morgan fingerprint density at radius 3 is 2.52 bits per heavy atom. The lowest BCUT2D eigenvalue weighted by Gasteiger charge is -2.53. The molecular formula is C26H39O2Si. The minimum Gasteiger partial charge on any atom is -0.542 e. The number of hydrogen-bond donors (Lipinski definition) is 1. The minimum atomic E-state index is -0.822. The van der Waals surface area contributed by atoms with E-state index in [2.05, 4.69) is 59.5 Å². The van der Waals surface area contributed by atoms with Gasteiger partial charge in [-0.2, -0.15) is 0 Å². The van der Waals surface area contributed by atoms with Crippen molar-refractivity contribution in [2.24, 2.45) is 17.3 Å². The van der Waals surface area contributed by atoms with E-state index < -0.39 is 14.6 Å². The molecule has 3 aliphatic carbocycles. The summed E-state index contributed by atoms with van der Waals surface area (Å²) < 4.78 is 6.53. The minimum absolute atomic E-state index is 0.0236. The molecule has 2 nitrogen and oxygen atoms in total. The fourth-order valence-corrected chi connectivity index (χ4v) is 7.42. The molecule has 1 aromatic carbocycles. The summed E-state index contributed by atoms with van der Waals surface area (Å²) in [6.07, 6.45) is 8.47. The Labute approximate surface area is 179 Å². The van der Waals surface area contributed by atoms with E-state index in [-0.39, 0.29) is 10.8 Å². The second kappa shape index (κ2) is 6.98. The summed E-state index contributed by atoms with van der Waals surface area (Å²) in [5.74, 6) is 2.99. The highest BCUT2D eigenvalue weighted by atomic mass is 28.3. The molecule has 2 saturated carbocycles. The van der Waals surface area contributed by atoms with Crippen molar-refractivity contribution in [2.45, 2.75) is 96.2 Å². The Balaban J connectivity index is 1.77. The highest BCUT2D eigenvalue weighted by Crippen LogP contribution is 2.65. The molecule has 1 aromatic rings. The van der Waals surface area contributed by atoms with Crippen LogP contribution < -0.4 is 4.43 Å². The van der Waals surface area contributed by atoms with Crippen molar-refractivity contribution in [3.63, 3.8) is 0 Å². The van der Waals surface area contributed by atoms with Crippen LogP contribution in [0.2, 0.25) is 13.1 Å². The molecule has 1 radical (unpaired) electrons. The van der Waals surface area contributed by atoms with E-state index in [4.69, 9.17) is 4.43 Å². The van der Waals surface area contributed by atoms with E-state index in [1.54, 1.807) is 0 Å². The Hall–Kier alpha value is -1.06. The quantitative estimate of drug-likeness (QED) is 0.461. The fourth-order valence-electron chi connectivity index (χ4n) is 6.81. The number of rotatable bonds is 3. The maximum absolute atomic E-state index is 11.3. The SMILES string of the molecule is C=C[C@]1(O)CC[C@H]2[C@@H]3CCc4cc(C(C)(C)C)cc(O[Si](C)C)c4[C@H]3CC[C@@]21C. The molecular weight excluding hydrogens is 372 g/mol. The van der Waals surface area contributed by atoms with Crippen LogP contribution in [0.25, 0.3) is 0 Å². The fraction of sp³-hybridized carbons (Fsp3) is 0.692. The third-order valence-corrected chi connectivity index (χ3v) is 9.14. The normalized spacial score (nSPS) is 36.3. The van der Waals surface area contributed by atoms with Gasteiger partial charge in [0, 0.05) is 5.41 Å². The average molecular weight is 412 g/mol. The van der Waals surface area contributed by atoms with Crippen molar-refractivity contribution in [3.8, 4) is 5.75 Å². The Bertz CT molecular complexity index is 808. The zero-order chi connectivity index (χ0) is 21.2. The average Bonchev–Trinajstić information content (AvgIpc) is 2.92. The standard InChI is InChI=1S/C26H39O2Si/c1-8-26(27)14-12-21-19-10-9-17-15-18(24(2,3)4)16-22(28-29(6)7)23(17)20(19)11-13-25(21,26)5/h8,15-16,19-21,27H,1,9-14H2,2-7H3/t19-,20+,21+,25+,26+/m1/s1. The predicted molar refractivity (Wildman–Crippen MR) is 123 cm³/mol. The summed E-state index contributed by atoms with van der Waals surface area (Å²) in [6.45, 7) is 17.7. The molecule has 0 heterocycles. The smallest absolute Gasteiger partial charge is 0.274 e. The first-order valence-corrected chi connectivity index (χ1v) is 13.9. The second-order valence-electron chi connectivity index (χ2n) is 11.3. The maximum Gasteiger partial charge on any atom is 0.274 e. The van der Waals surface area contributed by atoms with Gasteiger partial charge in [-0.1, -0.05) is 39.8 Å². The zero-order valence-corrected chi connectivity index (χ0v) is 20.3. The number of aliphatic hydroxyl groups is 1. The largest absolute Gasteiger partial charge is 0.542 e. The summed E-state index contributed by atoms with van der Waals surface area (Å²) in [6, 6.07) is 4.82. The lowest BCUT2D eigenvalue weighted by atomic mass is 9.53. The number of fused-ring (bicyclic) bond motifs is 5. The lowest BCUT2D eigenvalue weighted by Crippen LogP contribution is -2.49. The molecule has 0 bridgehead atoms. The van der Waals surface area contributed by atoms with Crippen molar-refractivity contribution in [3.05, 3.63) is 41.5 Å². The van der Waals surface area contributed by atoms with Gasteiger partial charge in [-0.05, 0) is 97.5 Å². The van der Waals surface area contributed by atoms with Crippen LogP contribution in [0.15, 0.2) is 24.8 Å². The third-order valence-electron chi connectivity index (χ3n) is 8.52. The van der Waals surface area contributed by atoms with Gasteiger partial charge in [0.1, 0.15) is 5.75 Å². The van der Waals surface area contributed by atoms with E-state index in [9.17, 15) is 5.11 Å². The van der Waals surface area contributed by atoms with E-state index >= 15 is 0 Å². The summed E-state index contributed by atoms with van der Waals surface area (Å²) in [5, 5.41) is 11.3. The van der Waals surface area contributed by atoms with Gasteiger partial charge in [0.15, 0.2) is 0 Å². The summed E-state index contributed by atoms with van der Waals surface area (Å²) in [4.78, 5) is 0. The molecule has 2 fully saturated rings. The molecule has 0 saturated heterocycles. The van der Waals surface area contributed by atoms with E-state index in [1.165, 1.54) is 28.9 Å². The highest BCUT2D eigenvalue weighted by molar-refractivity contribution is 6.49. The van der Waals surface area contributed by atoms with Gasteiger partial charge in [-0.3, -0.25) is 0 Å². The van der Waals surface area contributed by atoms with E-state index in [0.717, 1.165) is 32.1 Å². The van der Waals surface area contributed by atoms with Crippen LogP contribution in [-0.2, 0) is 11.8 Å². The highest BCUT2D eigenvalue weighted by Gasteiger charge is 2.60. The van der Waals surface area contributed by atoms with Gasteiger partial charge in [0.25, 0.3) is 9.04 Å². The molecule has 0 unspecified atom stereocenters. The summed E-state index contributed by atoms with van der Waals surface area (Å²) >= 11 is 0. The number of hydrogen-bond acceptors (Lipinski definition) is 2.